The van der Waals surface area contributed by atoms with Gasteiger partial charge in [0.1, 0.15) is 29.4 Å². The molecule has 1 aromatic heterocycles. The van der Waals surface area contributed by atoms with Gasteiger partial charge < -0.3 is 18.6 Å². The minimum atomic E-state index is -4.96. The van der Waals surface area contributed by atoms with Crippen LogP contribution in [-0.2, 0) is 12.8 Å². The summed E-state index contributed by atoms with van der Waals surface area (Å²) in [6.45, 7) is 2.17. The molecule has 4 aromatic rings. The number of hydrogen-bond donors (Lipinski definition) is 0. The first-order chi connectivity index (χ1) is 15.7. The molecule has 3 aromatic carbocycles. The Balaban J connectivity index is 1.71. The van der Waals surface area contributed by atoms with Gasteiger partial charge >= 0.3 is 6.18 Å². The van der Waals surface area contributed by atoms with Crippen LogP contribution in [0.3, 0.4) is 0 Å². The molecule has 0 saturated carbocycles. The molecule has 0 spiro atoms. The molecule has 5 nitrogen and oxygen atoms in total. The predicted octanol–water partition coefficient (Wildman–Crippen LogP) is 6.50. The van der Waals surface area contributed by atoms with E-state index in [1.165, 1.54) is 43.5 Å². The van der Waals surface area contributed by atoms with Gasteiger partial charge in [0.2, 0.25) is 11.2 Å². The summed E-state index contributed by atoms with van der Waals surface area (Å²) in [6, 6.07) is 17.6. The first-order valence-corrected chi connectivity index (χ1v) is 9.93. The Morgan fingerprint density at radius 2 is 1.64 bits per heavy atom. The Bertz CT molecular complexity index is 1340. The second-order valence-corrected chi connectivity index (χ2v) is 7.30. The van der Waals surface area contributed by atoms with Crippen molar-refractivity contribution in [3.05, 3.63) is 93.8 Å². The summed E-state index contributed by atoms with van der Waals surface area (Å²) in [6.07, 6.45) is -4.96. The van der Waals surface area contributed by atoms with E-state index in [4.69, 9.17) is 18.6 Å². The van der Waals surface area contributed by atoms with Gasteiger partial charge in [-0.2, -0.15) is 13.2 Å². The number of alkyl halides is 3. The number of halogens is 3. The van der Waals surface area contributed by atoms with E-state index in [9.17, 15) is 18.0 Å². The summed E-state index contributed by atoms with van der Waals surface area (Å²) in [4.78, 5) is 12.9. The highest BCUT2D eigenvalue weighted by atomic mass is 19.4. The molecule has 0 aliphatic carbocycles. The zero-order valence-electron chi connectivity index (χ0n) is 17.7. The normalized spacial score (nSPS) is 11.4. The van der Waals surface area contributed by atoms with E-state index in [-0.39, 0.29) is 29.1 Å². The largest absolute Gasteiger partial charge is 0.497 e. The Morgan fingerprint density at radius 3 is 2.33 bits per heavy atom. The van der Waals surface area contributed by atoms with Gasteiger partial charge in [-0.1, -0.05) is 35.9 Å². The predicted molar refractivity (Wildman–Crippen MR) is 116 cm³/mol. The van der Waals surface area contributed by atoms with Crippen molar-refractivity contribution in [2.75, 3.05) is 7.11 Å². The lowest BCUT2D eigenvalue weighted by Crippen LogP contribution is -2.15. The molecular weight excluding hydrogens is 437 g/mol. The van der Waals surface area contributed by atoms with Gasteiger partial charge in [0.05, 0.1) is 12.5 Å². The van der Waals surface area contributed by atoms with Crippen molar-refractivity contribution in [3.8, 4) is 23.0 Å². The van der Waals surface area contributed by atoms with E-state index >= 15 is 0 Å². The van der Waals surface area contributed by atoms with Crippen molar-refractivity contribution in [2.24, 2.45) is 0 Å². The second kappa shape index (κ2) is 8.90. The first-order valence-electron chi connectivity index (χ1n) is 9.93. The fraction of sp³-hybridized carbons (Fsp3) is 0.160. The highest BCUT2D eigenvalue weighted by molar-refractivity contribution is 5.79. The van der Waals surface area contributed by atoms with Gasteiger partial charge in [-0.15, -0.1) is 0 Å². The van der Waals surface area contributed by atoms with Crippen LogP contribution in [0.5, 0.6) is 23.0 Å². The zero-order valence-corrected chi connectivity index (χ0v) is 17.7. The van der Waals surface area contributed by atoms with E-state index in [0.717, 1.165) is 11.1 Å². The van der Waals surface area contributed by atoms with Crippen molar-refractivity contribution in [2.45, 2.75) is 19.7 Å². The molecule has 1 heterocycles. The van der Waals surface area contributed by atoms with Crippen LogP contribution >= 0.6 is 0 Å². The quantitative estimate of drug-likeness (QED) is 0.332. The Hall–Kier alpha value is -3.94. The average molecular weight is 456 g/mol. The molecule has 8 heteroatoms. The maximum atomic E-state index is 13.7. The lowest BCUT2D eigenvalue weighted by Gasteiger charge is -2.14. The lowest BCUT2D eigenvalue weighted by atomic mass is 10.1. The summed E-state index contributed by atoms with van der Waals surface area (Å²) in [5, 5.41) is -0.0661. The molecule has 0 fully saturated rings. The summed E-state index contributed by atoms with van der Waals surface area (Å²) in [5.74, 6) is -1.85. The third kappa shape index (κ3) is 4.95. The first kappa shape index (κ1) is 22.3. The van der Waals surface area contributed by atoms with Crippen molar-refractivity contribution in [1.29, 1.82) is 0 Å². The van der Waals surface area contributed by atoms with Crippen molar-refractivity contribution >= 4 is 11.0 Å². The molecule has 0 N–H and O–H groups in total. The molecule has 33 heavy (non-hydrogen) atoms. The van der Waals surface area contributed by atoms with E-state index in [1.54, 1.807) is 6.07 Å². The molecule has 0 aliphatic heterocycles. The molecule has 0 amide bonds. The molecule has 170 valence electrons. The third-order valence-electron chi connectivity index (χ3n) is 4.87. The number of ether oxygens (including phenoxy) is 3. The minimum absolute atomic E-state index is 0.00421. The number of rotatable bonds is 6. The molecule has 0 atom stereocenters. The average Bonchev–Trinajstić information content (AvgIpc) is 2.79. The standard InChI is InChI=1S/C25H19F3O5/c1-15-6-8-16(9-7-15)14-31-18-10-11-20-21(13-18)33-24(25(26,27)28)23(22(20)29)32-19-5-3-4-17(12-19)30-2/h3-13H,14H2,1-2H3. The highest BCUT2D eigenvalue weighted by Crippen LogP contribution is 2.39. The molecule has 0 aliphatic rings. The van der Waals surface area contributed by atoms with Crippen LogP contribution in [0, 0.1) is 6.92 Å². The van der Waals surface area contributed by atoms with Gasteiger partial charge in [-0.05, 0) is 36.8 Å². The van der Waals surface area contributed by atoms with E-state index in [2.05, 4.69) is 0 Å². The molecule has 0 saturated heterocycles. The van der Waals surface area contributed by atoms with Gasteiger partial charge in [0, 0.05) is 12.1 Å². The minimum Gasteiger partial charge on any atom is -0.497 e. The fourth-order valence-electron chi connectivity index (χ4n) is 3.16. The van der Waals surface area contributed by atoms with Crippen LogP contribution in [0.4, 0.5) is 13.2 Å². The topological polar surface area (TPSA) is 57.9 Å². The smallest absolute Gasteiger partial charge is 0.453 e. The van der Waals surface area contributed by atoms with Gasteiger partial charge in [0.25, 0.3) is 5.76 Å². The maximum absolute atomic E-state index is 13.7. The zero-order chi connectivity index (χ0) is 23.6. The van der Waals surface area contributed by atoms with E-state index in [0.29, 0.717) is 5.75 Å². The van der Waals surface area contributed by atoms with Crippen LogP contribution < -0.4 is 19.6 Å². The second-order valence-electron chi connectivity index (χ2n) is 7.30. The Kier molecular flexibility index (Phi) is 6.00. The Labute approximate surface area is 186 Å². The van der Waals surface area contributed by atoms with Crippen LogP contribution in [-0.4, -0.2) is 7.11 Å². The van der Waals surface area contributed by atoms with Crippen molar-refractivity contribution < 1.29 is 31.8 Å². The van der Waals surface area contributed by atoms with Crippen LogP contribution in [0.1, 0.15) is 16.9 Å². The highest BCUT2D eigenvalue weighted by Gasteiger charge is 2.40. The van der Waals surface area contributed by atoms with Crippen molar-refractivity contribution in [1.82, 2.24) is 0 Å². The van der Waals surface area contributed by atoms with Crippen molar-refractivity contribution in [3.63, 3.8) is 0 Å². The summed E-state index contributed by atoms with van der Waals surface area (Å²) in [7, 11) is 1.41. The molecule has 0 radical (unpaired) electrons. The SMILES string of the molecule is COc1cccc(Oc2c(C(F)(F)F)oc3cc(OCc4ccc(C)cc4)ccc3c2=O)c1. The number of fused-ring (bicyclic) bond motifs is 1. The molecule has 4 rings (SSSR count). The Morgan fingerprint density at radius 1 is 0.909 bits per heavy atom. The van der Waals surface area contributed by atoms with E-state index < -0.39 is 23.1 Å². The number of methoxy groups -OCH3 is 1. The monoisotopic (exact) mass is 456 g/mol. The van der Waals surface area contributed by atoms with Gasteiger partial charge in [-0.3, -0.25) is 4.79 Å². The summed E-state index contributed by atoms with van der Waals surface area (Å²) < 4.78 is 62.4. The van der Waals surface area contributed by atoms with Crippen LogP contribution in [0.25, 0.3) is 11.0 Å². The van der Waals surface area contributed by atoms with Gasteiger partial charge in [-0.25, -0.2) is 0 Å². The number of aryl methyl sites for hydroxylation is 1. The maximum Gasteiger partial charge on any atom is 0.453 e. The van der Waals surface area contributed by atoms with E-state index in [1.807, 2.05) is 31.2 Å². The van der Waals surface area contributed by atoms with Gasteiger partial charge in [0.15, 0.2) is 0 Å². The molecular formula is C25H19F3O5. The summed E-state index contributed by atoms with van der Waals surface area (Å²) >= 11 is 0. The molecule has 0 unspecified atom stereocenters. The van der Waals surface area contributed by atoms with Crippen LogP contribution in [0.2, 0.25) is 0 Å². The number of benzene rings is 3. The third-order valence-corrected chi connectivity index (χ3v) is 4.87. The van der Waals surface area contributed by atoms with Crippen LogP contribution in [0.15, 0.2) is 75.9 Å². The number of hydrogen-bond acceptors (Lipinski definition) is 5. The fourth-order valence-corrected chi connectivity index (χ4v) is 3.16. The lowest BCUT2D eigenvalue weighted by molar-refractivity contribution is -0.154. The summed E-state index contributed by atoms with van der Waals surface area (Å²) in [5.41, 5.74) is 0.779. The molecule has 0 bridgehead atoms.